The molecule has 3 aliphatic rings. The van der Waals surface area contributed by atoms with E-state index in [0.29, 0.717) is 70.9 Å². The lowest BCUT2D eigenvalue weighted by molar-refractivity contribution is -0.123. The van der Waals surface area contributed by atoms with Crippen LogP contribution in [0.2, 0.25) is 0 Å². The summed E-state index contributed by atoms with van der Waals surface area (Å²) in [6.07, 6.45) is 9.14. The van der Waals surface area contributed by atoms with Gasteiger partial charge in [0.05, 0.1) is 12.2 Å². The van der Waals surface area contributed by atoms with Gasteiger partial charge in [0.25, 0.3) is 17.3 Å². The van der Waals surface area contributed by atoms with Gasteiger partial charge in [0.2, 0.25) is 12.9 Å². The number of aryl methyl sites for hydroxylation is 1. The molecule has 0 bridgehead atoms. The van der Waals surface area contributed by atoms with Gasteiger partial charge in [0, 0.05) is 95.9 Å². The van der Waals surface area contributed by atoms with Gasteiger partial charge in [-0.05, 0) is 78.8 Å². The van der Waals surface area contributed by atoms with Crippen LogP contribution in [-0.2, 0) is 11.3 Å². The second kappa shape index (κ2) is 17.5. The number of nitrogens with zero attached hydrogens (tertiary/aromatic N) is 4. The molecule has 1 saturated heterocycles. The highest BCUT2D eigenvalue weighted by Gasteiger charge is 2.48. The lowest BCUT2D eigenvalue weighted by atomic mass is 9.81. The number of fused-ring (bicyclic) bond motifs is 1. The molecule has 2 aliphatic heterocycles. The quantitative estimate of drug-likeness (QED) is 0.220. The first-order valence-electron chi connectivity index (χ1n) is 18.0. The Bertz CT molecular complexity index is 1780. The van der Waals surface area contributed by atoms with E-state index in [-0.39, 0.29) is 42.8 Å². The van der Waals surface area contributed by atoms with Crippen molar-refractivity contribution in [3.05, 3.63) is 57.3 Å². The van der Waals surface area contributed by atoms with Crippen LogP contribution >= 0.6 is 11.8 Å². The molecule has 290 valence electrons. The lowest BCUT2D eigenvalue weighted by Gasteiger charge is -2.39. The van der Waals surface area contributed by atoms with E-state index in [4.69, 9.17) is 24.2 Å². The number of H-pyrrole nitrogens is 1. The zero-order chi connectivity index (χ0) is 38.4. The van der Waals surface area contributed by atoms with Gasteiger partial charge in [-0.3, -0.25) is 9.59 Å². The van der Waals surface area contributed by atoms with Crippen LogP contribution in [0.5, 0.6) is 11.5 Å². The Morgan fingerprint density at radius 1 is 1.06 bits per heavy atom. The molecule has 11 nitrogen and oxygen atoms in total. The number of carbonyl (C=O) groups excluding carboxylic acids is 1. The summed E-state index contributed by atoms with van der Waals surface area (Å²) in [5.41, 5.74) is 3.46. The van der Waals surface area contributed by atoms with E-state index in [0.717, 1.165) is 36.3 Å². The predicted molar refractivity (Wildman–Crippen MR) is 200 cm³/mol. The number of anilines is 1. The molecule has 3 unspecified atom stereocenters. The van der Waals surface area contributed by atoms with Gasteiger partial charge in [-0.2, -0.15) is 0 Å². The van der Waals surface area contributed by atoms with Crippen LogP contribution in [0.1, 0.15) is 73.6 Å². The Labute approximate surface area is 313 Å². The van der Waals surface area contributed by atoms with Crippen LogP contribution in [0, 0.1) is 19.8 Å². The number of aromatic amines is 1. The van der Waals surface area contributed by atoms with Gasteiger partial charge in [-0.15, -0.1) is 11.8 Å². The maximum Gasteiger partial charge on any atom is 0.254 e. The fourth-order valence-electron chi connectivity index (χ4n) is 7.62. The number of thioether (sulfide) groups is 1. The molecule has 1 saturated carbocycles. The van der Waals surface area contributed by atoms with Crippen molar-refractivity contribution in [2.24, 2.45) is 5.92 Å². The number of morpholine rings is 1. The fraction of sp³-hybridized carbons (Fsp3) is 0.579. The van der Waals surface area contributed by atoms with Gasteiger partial charge in [-0.25, -0.2) is 23.1 Å². The molecule has 1 aromatic carbocycles. The van der Waals surface area contributed by atoms with E-state index < -0.39 is 12.7 Å². The molecule has 1 amide bonds. The number of hydrogen-bond donors (Lipinski definition) is 2. The summed E-state index contributed by atoms with van der Waals surface area (Å²) in [6.45, 7) is 9.53. The number of alkyl halides is 3. The molecule has 2 N–H and O–H groups in total. The third-order valence-corrected chi connectivity index (χ3v) is 11.2. The number of nitrogens with one attached hydrogen (secondary N) is 2. The molecule has 3 aromatic rings. The lowest BCUT2D eigenvalue weighted by Crippen LogP contribution is -2.47. The number of rotatable bonds is 10. The minimum atomic E-state index is -1.75. The van der Waals surface area contributed by atoms with Crippen molar-refractivity contribution in [1.29, 1.82) is 0 Å². The van der Waals surface area contributed by atoms with E-state index in [1.54, 1.807) is 12.4 Å². The van der Waals surface area contributed by atoms with E-state index >= 15 is 0 Å². The summed E-state index contributed by atoms with van der Waals surface area (Å²) in [5, 5.41) is 2.98. The third-order valence-electron chi connectivity index (χ3n) is 10.4. The second-order valence-corrected chi connectivity index (χ2v) is 15.0. The first kappa shape index (κ1) is 40.4. The van der Waals surface area contributed by atoms with Gasteiger partial charge in [0.1, 0.15) is 6.67 Å². The summed E-state index contributed by atoms with van der Waals surface area (Å²) < 4.78 is 51.7. The van der Waals surface area contributed by atoms with Crippen molar-refractivity contribution in [2.45, 2.75) is 95.8 Å². The molecular weight excluding hydrogens is 710 g/mol. The Balaban J connectivity index is 0.00000175. The maximum absolute atomic E-state index is 13.9. The topological polar surface area (TPSA) is 122 Å². The summed E-state index contributed by atoms with van der Waals surface area (Å²) >= 11 is 1.47. The van der Waals surface area contributed by atoms with Gasteiger partial charge >= 0.3 is 0 Å². The highest BCUT2D eigenvalue weighted by atomic mass is 32.2. The summed E-state index contributed by atoms with van der Waals surface area (Å²) in [4.78, 5) is 44.1. The van der Waals surface area contributed by atoms with E-state index in [1.165, 1.54) is 11.8 Å². The number of ether oxygens (including phenoxy) is 3. The van der Waals surface area contributed by atoms with Crippen molar-refractivity contribution in [3.8, 4) is 22.6 Å². The van der Waals surface area contributed by atoms with Crippen molar-refractivity contribution in [1.82, 2.24) is 25.2 Å². The molecule has 15 heteroatoms. The number of aromatic nitrogens is 3. The van der Waals surface area contributed by atoms with E-state index in [9.17, 15) is 22.8 Å². The molecule has 0 radical (unpaired) electrons. The van der Waals surface area contributed by atoms with Crippen LogP contribution in [0.25, 0.3) is 11.1 Å². The van der Waals surface area contributed by atoms with Crippen LogP contribution < -0.4 is 25.2 Å². The molecule has 53 heavy (non-hydrogen) atoms. The maximum atomic E-state index is 13.9. The summed E-state index contributed by atoms with van der Waals surface area (Å²) in [6, 6.07) is 4.04. The predicted octanol–water partition coefficient (Wildman–Crippen LogP) is 6.54. The Morgan fingerprint density at radius 2 is 1.68 bits per heavy atom. The number of halogens is 3. The molecule has 2 aromatic heterocycles. The van der Waals surface area contributed by atoms with Gasteiger partial charge < -0.3 is 34.3 Å². The molecule has 1 aliphatic carbocycles. The van der Waals surface area contributed by atoms with Crippen molar-refractivity contribution < 1.29 is 32.2 Å². The average molecular weight is 761 g/mol. The van der Waals surface area contributed by atoms with E-state index in [2.05, 4.69) is 20.1 Å². The normalized spacial score (nSPS) is 23.8. The Hall–Kier alpha value is -3.82. The highest BCUT2D eigenvalue weighted by molar-refractivity contribution is 7.98. The summed E-state index contributed by atoms with van der Waals surface area (Å²) in [5.74, 6) is 0.497. The van der Waals surface area contributed by atoms with Crippen LogP contribution in [0.15, 0.2) is 34.2 Å². The number of hydrogen-bond acceptors (Lipinski definition) is 10. The standard InChI is InChI=1S/C37H49FN6O5S.CH2F2/c1-21-14-31(50-7)30(35(46)42-21)18-39-34(45)28-15-29(25-16-40-36(41-17-25)44-19-22(2)47-23(3)20-44)33-32(24(28)4)48-37(5,49-33)26-8-10-27(11-9-26)43(6)13-12-38;2-1-3/h14-17,22-23,26-27H,8-13,18-20H2,1-7H3,(H,39,45)(H,42,46);1H2. The van der Waals surface area contributed by atoms with E-state index in [1.807, 2.05) is 60.1 Å². The minimum Gasteiger partial charge on any atom is -0.448 e. The average Bonchev–Trinajstić information content (AvgIpc) is 3.50. The van der Waals surface area contributed by atoms with Gasteiger partial charge in [-0.1, -0.05) is 0 Å². The Kier molecular flexibility index (Phi) is 13.4. The molecule has 3 atom stereocenters. The highest BCUT2D eigenvalue weighted by Crippen LogP contribution is 2.53. The number of amides is 1. The molecule has 4 heterocycles. The number of pyridine rings is 1. The van der Waals surface area contributed by atoms with Crippen molar-refractivity contribution in [3.63, 3.8) is 0 Å². The molecule has 2 fully saturated rings. The SMILES string of the molecule is CSc1cc(C)[nH]c(=O)c1CNC(=O)c1cc(-c2cnc(N3CC(C)OC(C)C3)nc2)c2c(c1C)OC(C)(C1CCC(N(C)CCF)CC1)O2.FCF. The Morgan fingerprint density at radius 3 is 2.28 bits per heavy atom. The van der Waals surface area contributed by atoms with Crippen LogP contribution in [-0.4, -0.2) is 96.3 Å². The fourth-order valence-corrected chi connectivity index (χ4v) is 8.33. The second-order valence-electron chi connectivity index (χ2n) is 14.2. The van der Waals surface area contributed by atoms with Crippen molar-refractivity contribution in [2.75, 3.05) is 51.4 Å². The molecule has 0 spiro atoms. The first-order valence-corrected chi connectivity index (χ1v) is 19.3. The zero-order valence-electron chi connectivity index (χ0n) is 31.6. The smallest absolute Gasteiger partial charge is 0.254 e. The summed E-state index contributed by atoms with van der Waals surface area (Å²) in [7, 11) is 1.98. The largest absolute Gasteiger partial charge is 0.448 e. The number of carbonyl (C=O) groups is 1. The van der Waals surface area contributed by atoms with Crippen molar-refractivity contribution >= 4 is 23.6 Å². The zero-order valence-corrected chi connectivity index (χ0v) is 32.4. The van der Waals surface area contributed by atoms with Gasteiger partial charge in [0.15, 0.2) is 11.5 Å². The minimum absolute atomic E-state index is 0.0633. The van der Waals surface area contributed by atoms with Crippen LogP contribution in [0.4, 0.5) is 19.1 Å². The molecule has 6 rings (SSSR count). The number of benzene rings is 1. The third kappa shape index (κ3) is 9.11. The molecular formula is C38H51F3N6O5S. The first-order chi connectivity index (χ1) is 25.3. The van der Waals surface area contributed by atoms with Crippen LogP contribution in [0.3, 0.4) is 0 Å². The monoisotopic (exact) mass is 760 g/mol.